The maximum absolute atomic E-state index is 11.0. The van der Waals surface area contributed by atoms with E-state index in [2.05, 4.69) is 26.3 Å². The molecule has 5 rings (SSSR count). The van der Waals surface area contributed by atoms with Crippen LogP contribution in [0.1, 0.15) is 25.0 Å². The minimum atomic E-state index is -0.822. The van der Waals surface area contributed by atoms with E-state index in [1.54, 1.807) is 24.2 Å². The second-order valence-electron chi connectivity index (χ2n) is 7.94. The van der Waals surface area contributed by atoms with Crippen LogP contribution in [0, 0.1) is 0 Å². The molecule has 0 unspecified atom stereocenters. The largest absolute Gasteiger partial charge is 0.481 e. The maximum atomic E-state index is 11.0. The van der Waals surface area contributed by atoms with Crippen LogP contribution in [0.2, 0.25) is 0 Å². The number of H-pyrrole nitrogens is 1. The number of aliphatic carboxylic acids is 1. The van der Waals surface area contributed by atoms with Crippen molar-refractivity contribution in [2.24, 2.45) is 4.99 Å². The first-order valence-electron chi connectivity index (χ1n) is 10.7. The van der Waals surface area contributed by atoms with Gasteiger partial charge in [-0.25, -0.2) is 0 Å². The zero-order chi connectivity index (χ0) is 21.9. The quantitative estimate of drug-likeness (QED) is 0.491. The molecule has 2 aliphatic rings. The number of carboxylic acids is 1. The molecule has 8 nitrogen and oxygen atoms in total. The Hall–Kier alpha value is -3.04. The third kappa shape index (κ3) is 4.73. The number of nitrogens with zero attached hydrogens (tertiary/aromatic N) is 2. The van der Waals surface area contributed by atoms with Gasteiger partial charge in [-0.1, -0.05) is 0 Å². The van der Waals surface area contributed by atoms with E-state index in [0.29, 0.717) is 17.5 Å². The Morgan fingerprint density at radius 1 is 1.28 bits per heavy atom. The van der Waals surface area contributed by atoms with Crippen LogP contribution in [0.5, 0.6) is 11.5 Å². The molecule has 0 saturated carbocycles. The fraction of sp³-hybridized carbons (Fsp3) is 0.348. The number of aromatic nitrogens is 2. The first-order chi connectivity index (χ1) is 15.6. The summed E-state index contributed by atoms with van der Waals surface area (Å²) in [6.07, 6.45) is 5.34. The number of fused-ring (bicyclic) bond motifs is 1. The number of hydrogen-bond acceptors (Lipinski definition) is 7. The predicted octanol–water partition coefficient (Wildman–Crippen LogP) is 4.28. The van der Waals surface area contributed by atoms with Crippen LogP contribution < -0.4 is 10.1 Å². The van der Waals surface area contributed by atoms with Crippen molar-refractivity contribution in [2.45, 2.75) is 31.3 Å². The zero-order valence-electron chi connectivity index (χ0n) is 17.4. The number of hydrogen-bond donors (Lipinski definition) is 3. The van der Waals surface area contributed by atoms with Crippen LogP contribution in [-0.2, 0) is 9.53 Å². The standard InChI is InChI=1S/C23H24N4O4S/c28-21(29)10-16-13-32-23(26-16)20-9-14-8-18(31-17-2-1-5-24-12-17)11-19(22(14)27-20)25-15-3-6-30-7-4-15/h1-2,5,8-9,11-12,15-16,25,27H,3-4,6-7,10,13H2,(H,28,29)/t16-/m1/s1. The van der Waals surface area contributed by atoms with E-state index < -0.39 is 5.97 Å². The molecule has 4 heterocycles. The predicted molar refractivity (Wildman–Crippen MR) is 125 cm³/mol. The summed E-state index contributed by atoms with van der Waals surface area (Å²) in [5.74, 6) is 1.25. The molecular weight excluding hydrogens is 428 g/mol. The van der Waals surface area contributed by atoms with Crippen molar-refractivity contribution < 1.29 is 19.4 Å². The molecule has 1 fully saturated rings. The number of carboxylic acid groups (broad SMARTS) is 1. The van der Waals surface area contributed by atoms with Crippen LogP contribution in [0.4, 0.5) is 5.69 Å². The van der Waals surface area contributed by atoms with Crippen LogP contribution >= 0.6 is 11.8 Å². The van der Waals surface area contributed by atoms with E-state index in [1.165, 1.54) is 0 Å². The number of ether oxygens (including phenoxy) is 2. The fourth-order valence-corrected chi connectivity index (χ4v) is 5.01. The normalized spacial score (nSPS) is 19.1. The first kappa shape index (κ1) is 20.8. The summed E-state index contributed by atoms with van der Waals surface area (Å²) < 4.78 is 11.6. The van der Waals surface area contributed by atoms with Crippen molar-refractivity contribution in [3.05, 3.63) is 48.4 Å². The molecular formula is C23H24N4O4S. The van der Waals surface area contributed by atoms with Crippen LogP contribution in [-0.4, -0.2) is 57.1 Å². The van der Waals surface area contributed by atoms with Gasteiger partial charge in [0.25, 0.3) is 0 Å². The molecule has 3 N–H and O–H groups in total. The lowest BCUT2D eigenvalue weighted by atomic mass is 10.1. The molecule has 2 aromatic heterocycles. The van der Waals surface area contributed by atoms with Gasteiger partial charge in [0.2, 0.25) is 0 Å². The first-order valence-corrected chi connectivity index (χ1v) is 11.6. The van der Waals surface area contributed by atoms with Gasteiger partial charge in [-0.05, 0) is 37.1 Å². The molecule has 1 atom stereocenters. The number of pyridine rings is 1. The highest BCUT2D eigenvalue weighted by Crippen LogP contribution is 2.35. The minimum absolute atomic E-state index is 0.0520. The Bertz CT molecular complexity index is 1140. The van der Waals surface area contributed by atoms with Crippen molar-refractivity contribution >= 4 is 39.4 Å². The second kappa shape index (κ2) is 9.22. The Kier molecular flexibility index (Phi) is 6.00. The fourth-order valence-electron chi connectivity index (χ4n) is 3.98. The molecule has 3 aromatic rings. The SMILES string of the molecule is O=C(O)C[C@@H]1CSC(c2cc3cc(Oc4cccnc4)cc(NC4CCOCC4)c3[nH]2)=N1. The smallest absolute Gasteiger partial charge is 0.305 e. The third-order valence-corrected chi connectivity index (χ3v) is 6.66. The molecule has 0 aliphatic carbocycles. The molecule has 0 spiro atoms. The van der Waals surface area contributed by atoms with Crippen LogP contribution in [0.15, 0.2) is 47.7 Å². The van der Waals surface area contributed by atoms with Gasteiger partial charge < -0.3 is 24.9 Å². The monoisotopic (exact) mass is 452 g/mol. The molecule has 1 aromatic carbocycles. The average molecular weight is 453 g/mol. The molecule has 1 saturated heterocycles. The molecule has 0 bridgehead atoms. The number of aliphatic imine (C=N–C) groups is 1. The van der Waals surface area contributed by atoms with Crippen molar-refractivity contribution in [1.82, 2.24) is 9.97 Å². The summed E-state index contributed by atoms with van der Waals surface area (Å²) in [5, 5.41) is 14.6. The number of rotatable bonds is 7. The van der Waals surface area contributed by atoms with Gasteiger partial charge in [-0.15, -0.1) is 11.8 Å². The molecule has 2 aliphatic heterocycles. The highest BCUT2D eigenvalue weighted by Gasteiger charge is 2.24. The van der Waals surface area contributed by atoms with Gasteiger partial charge in [0.05, 0.1) is 35.6 Å². The Morgan fingerprint density at radius 2 is 2.16 bits per heavy atom. The van der Waals surface area contributed by atoms with Gasteiger partial charge in [-0.3, -0.25) is 14.8 Å². The van der Waals surface area contributed by atoms with Gasteiger partial charge in [-0.2, -0.15) is 0 Å². The lowest BCUT2D eigenvalue weighted by Gasteiger charge is -2.24. The van der Waals surface area contributed by atoms with E-state index in [0.717, 1.165) is 59.1 Å². The van der Waals surface area contributed by atoms with Gasteiger partial charge in [0.15, 0.2) is 0 Å². The second-order valence-corrected chi connectivity index (χ2v) is 8.95. The molecule has 9 heteroatoms. The minimum Gasteiger partial charge on any atom is -0.481 e. The molecule has 0 amide bonds. The topological polar surface area (TPSA) is 109 Å². The summed E-state index contributed by atoms with van der Waals surface area (Å²) in [7, 11) is 0. The van der Waals surface area contributed by atoms with E-state index in [4.69, 9.17) is 14.6 Å². The Morgan fingerprint density at radius 3 is 2.94 bits per heavy atom. The summed E-state index contributed by atoms with van der Waals surface area (Å²) in [4.78, 5) is 23.3. The van der Waals surface area contributed by atoms with Gasteiger partial charge in [0.1, 0.15) is 16.5 Å². The van der Waals surface area contributed by atoms with Crippen molar-refractivity contribution in [2.75, 3.05) is 24.3 Å². The summed E-state index contributed by atoms with van der Waals surface area (Å²) in [6.45, 7) is 1.50. The van der Waals surface area contributed by atoms with E-state index in [1.807, 2.05) is 24.3 Å². The highest BCUT2D eigenvalue weighted by atomic mass is 32.2. The van der Waals surface area contributed by atoms with Gasteiger partial charge >= 0.3 is 5.97 Å². The zero-order valence-corrected chi connectivity index (χ0v) is 18.2. The number of nitrogens with one attached hydrogen (secondary N) is 2. The van der Waals surface area contributed by atoms with E-state index in [9.17, 15) is 4.79 Å². The van der Waals surface area contributed by atoms with Crippen LogP contribution in [0.3, 0.4) is 0 Å². The number of thioether (sulfide) groups is 1. The summed E-state index contributed by atoms with van der Waals surface area (Å²) in [6, 6.07) is 9.89. The number of anilines is 1. The number of benzene rings is 1. The highest BCUT2D eigenvalue weighted by molar-refractivity contribution is 8.14. The summed E-state index contributed by atoms with van der Waals surface area (Å²) in [5.41, 5.74) is 2.84. The van der Waals surface area contributed by atoms with Crippen LogP contribution in [0.25, 0.3) is 10.9 Å². The summed E-state index contributed by atoms with van der Waals surface area (Å²) >= 11 is 1.59. The average Bonchev–Trinajstić information content (AvgIpc) is 3.42. The Labute approximate surface area is 189 Å². The van der Waals surface area contributed by atoms with E-state index >= 15 is 0 Å². The molecule has 32 heavy (non-hydrogen) atoms. The number of aromatic amines is 1. The van der Waals surface area contributed by atoms with Crippen molar-refractivity contribution in [1.29, 1.82) is 0 Å². The lowest BCUT2D eigenvalue weighted by Crippen LogP contribution is -2.27. The molecule has 0 radical (unpaired) electrons. The van der Waals surface area contributed by atoms with Gasteiger partial charge in [0, 0.05) is 42.7 Å². The number of carbonyl (C=O) groups is 1. The third-order valence-electron chi connectivity index (χ3n) is 5.51. The Balaban J connectivity index is 1.48. The molecule has 166 valence electrons. The van der Waals surface area contributed by atoms with E-state index in [-0.39, 0.29) is 12.5 Å². The van der Waals surface area contributed by atoms with Crippen molar-refractivity contribution in [3.63, 3.8) is 0 Å². The lowest BCUT2D eigenvalue weighted by molar-refractivity contribution is -0.137. The van der Waals surface area contributed by atoms with Crippen molar-refractivity contribution in [3.8, 4) is 11.5 Å². The maximum Gasteiger partial charge on any atom is 0.305 e.